The Hall–Kier alpha value is -2.37. The number of ketones is 1. The number of carbonyl (C=O) groups is 1. The zero-order chi connectivity index (χ0) is 17.1. The van der Waals surface area contributed by atoms with Crippen LogP contribution in [-0.4, -0.2) is 55.1 Å². The maximum absolute atomic E-state index is 12.3. The Morgan fingerprint density at radius 1 is 0.880 bits per heavy atom. The fourth-order valence-electron chi connectivity index (χ4n) is 3.32. The third-order valence-corrected chi connectivity index (χ3v) is 4.77. The average Bonchev–Trinajstić information content (AvgIpc) is 3.12. The van der Waals surface area contributed by atoms with Crippen molar-refractivity contribution in [1.29, 1.82) is 0 Å². The molecule has 2 aliphatic rings. The number of fused-ring (bicyclic) bond motifs is 1. The maximum atomic E-state index is 12.3. The first-order valence-electron chi connectivity index (χ1n) is 8.69. The van der Waals surface area contributed by atoms with E-state index in [9.17, 15) is 4.79 Å². The van der Waals surface area contributed by atoms with E-state index in [2.05, 4.69) is 21.9 Å². The zero-order valence-electron chi connectivity index (χ0n) is 14.2. The molecule has 130 valence electrons. The summed E-state index contributed by atoms with van der Waals surface area (Å²) in [4.78, 5) is 17.0. The Balaban J connectivity index is 1.28. The van der Waals surface area contributed by atoms with Crippen LogP contribution in [0.3, 0.4) is 0 Å². The molecule has 0 N–H and O–H groups in total. The Bertz CT molecular complexity index is 740. The standard InChI is InChI=1S/C20H22N2O3/c23-18(17-4-2-1-3-5-17)14-22-10-8-21(9-11-22)13-16-6-7-19-20(12-16)25-15-24-19/h1-7,12H,8-11,13-15H2. The van der Waals surface area contributed by atoms with E-state index in [1.54, 1.807) is 0 Å². The Morgan fingerprint density at radius 3 is 2.40 bits per heavy atom. The van der Waals surface area contributed by atoms with Crippen LogP contribution in [0.25, 0.3) is 0 Å². The monoisotopic (exact) mass is 338 g/mol. The van der Waals surface area contributed by atoms with Crippen molar-refractivity contribution < 1.29 is 14.3 Å². The number of carbonyl (C=O) groups excluding carboxylic acids is 1. The lowest BCUT2D eigenvalue weighted by atomic mass is 10.1. The molecule has 2 aliphatic heterocycles. The van der Waals surface area contributed by atoms with Crippen LogP contribution in [0.15, 0.2) is 48.5 Å². The lowest BCUT2D eigenvalue weighted by Gasteiger charge is -2.34. The molecule has 4 rings (SSSR count). The van der Waals surface area contributed by atoms with E-state index >= 15 is 0 Å². The third kappa shape index (κ3) is 3.83. The molecule has 0 unspecified atom stereocenters. The number of piperazine rings is 1. The number of ether oxygens (including phenoxy) is 2. The highest BCUT2D eigenvalue weighted by molar-refractivity contribution is 5.97. The van der Waals surface area contributed by atoms with Crippen LogP contribution in [0.1, 0.15) is 15.9 Å². The number of hydrogen-bond donors (Lipinski definition) is 0. The highest BCUT2D eigenvalue weighted by atomic mass is 16.7. The predicted molar refractivity (Wildman–Crippen MR) is 95.1 cm³/mol. The lowest BCUT2D eigenvalue weighted by Crippen LogP contribution is -2.47. The topological polar surface area (TPSA) is 42.0 Å². The second kappa shape index (κ2) is 7.25. The van der Waals surface area contributed by atoms with E-state index in [1.165, 1.54) is 5.56 Å². The summed E-state index contributed by atoms with van der Waals surface area (Å²) >= 11 is 0. The molecule has 0 saturated carbocycles. The fourth-order valence-corrected chi connectivity index (χ4v) is 3.32. The number of benzene rings is 2. The second-order valence-electron chi connectivity index (χ2n) is 6.53. The van der Waals surface area contributed by atoms with Crippen LogP contribution < -0.4 is 9.47 Å². The molecule has 1 saturated heterocycles. The highest BCUT2D eigenvalue weighted by Gasteiger charge is 2.20. The Morgan fingerprint density at radius 2 is 1.60 bits per heavy atom. The smallest absolute Gasteiger partial charge is 0.231 e. The summed E-state index contributed by atoms with van der Waals surface area (Å²) in [6.07, 6.45) is 0. The molecule has 0 atom stereocenters. The van der Waals surface area contributed by atoms with E-state index in [0.717, 1.165) is 49.8 Å². The molecule has 0 aromatic heterocycles. The zero-order valence-corrected chi connectivity index (χ0v) is 14.2. The van der Waals surface area contributed by atoms with Crippen molar-refractivity contribution in [1.82, 2.24) is 9.80 Å². The van der Waals surface area contributed by atoms with Crippen molar-refractivity contribution in [2.45, 2.75) is 6.54 Å². The summed E-state index contributed by atoms with van der Waals surface area (Å²) < 4.78 is 10.8. The van der Waals surface area contributed by atoms with Gasteiger partial charge in [0.15, 0.2) is 17.3 Å². The van der Waals surface area contributed by atoms with Crippen LogP contribution in [0, 0.1) is 0 Å². The fraction of sp³-hybridized carbons (Fsp3) is 0.350. The molecule has 1 fully saturated rings. The van der Waals surface area contributed by atoms with Crippen LogP contribution >= 0.6 is 0 Å². The van der Waals surface area contributed by atoms with E-state index in [-0.39, 0.29) is 5.78 Å². The predicted octanol–water partition coefficient (Wildman–Crippen LogP) is 2.42. The molecular formula is C20H22N2O3. The maximum Gasteiger partial charge on any atom is 0.231 e. The van der Waals surface area contributed by atoms with Gasteiger partial charge in [0.25, 0.3) is 0 Å². The van der Waals surface area contributed by atoms with Crippen LogP contribution in [-0.2, 0) is 6.54 Å². The summed E-state index contributed by atoms with van der Waals surface area (Å²) in [7, 11) is 0. The van der Waals surface area contributed by atoms with Gasteiger partial charge >= 0.3 is 0 Å². The van der Waals surface area contributed by atoms with Crippen molar-refractivity contribution >= 4 is 5.78 Å². The molecule has 0 radical (unpaired) electrons. The van der Waals surface area contributed by atoms with Crippen molar-refractivity contribution in [3.63, 3.8) is 0 Å². The summed E-state index contributed by atoms with van der Waals surface area (Å²) in [5.41, 5.74) is 2.03. The Labute approximate surface area is 147 Å². The normalized spacial score (nSPS) is 17.6. The minimum absolute atomic E-state index is 0.199. The molecule has 5 heteroatoms. The van der Waals surface area contributed by atoms with Crippen molar-refractivity contribution in [3.05, 3.63) is 59.7 Å². The molecule has 2 aromatic rings. The van der Waals surface area contributed by atoms with Gasteiger partial charge in [0.1, 0.15) is 0 Å². The molecule has 0 aliphatic carbocycles. The molecule has 2 heterocycles. The minimum atomic E-state index is 0.199. The van der Waals surface area contributed by atoms with Gasteiger partial charge in [0, 0.05) is 38.3 Å². The third-order valence-electron chi connectivity index (χ3n) is 4.77. The van der Waals surface area contributed by atoms with Gasteiger partial charge in [-0.25, -0.2) is 0 Å². The number of nitrogens with zero attached hydrogens (tertiary/aromatic N) is 2. The largest absolute Gasteiger partial charge is 0.454 e. The van der Waals surface area contributed by atoms with Crippen LogP contribution in [0.2, 0.25) is 0 Å². The van der Waals surface area contributed by atoms with Crippen molar-refractivity contribution in [3.8, 4) is 11.5 Å². The van der Waals surface area contributed by atoms with Crippen LogP contribution in [0.4, 0.5) is 0 Å². The molecule has 5 nitrogen and oxygen atoms in total. The van der Waals surface area contributed by atoms with Gasteiger partial charge in [0.2, 0.25) is 6.79 Å². The SMILES string of the molecule is O=C(CN1CCN(Cc2ccc3c(c2)OCO3)CC1)c1ccccc1. The highest BCUT2D eigenvalue weighted by Crippen LogP contribution is 2.32. The molecule has 2 aromatic carbocycles. The van der Waals surface area contributed by atoms with Gasteiger partial charge in [-0.1, -0.05) is 36.4 Å². The minimum Gasteiger partial charge on any atom is -0.454 e. The summed E-state index contributed by atoms with van der Waals surface area (Å²) in [5.74, 6) is 1.86. The first kappa shape index (κ1) is 16.1. The van der Waals surface area contributed by atoms with Gasteiger partial charge in [-0.2, -0.15) is 0 Å². The van der Waals surface area contributed by atoms with E-state index in [0.29, 0.717) is 13.3 Å². The average molecular weight is 338 g/mol. The molecule has 0 bridgehead atoms. The first-order chi connectivity index (χ1) is 12.3. The first-order valence-corrected chi connectivity index (χ1v) is 8.69. The van der Waals surface area contributed by atoms with Gasteiger partial charge in [-0.15, -0.1) is 0 Å². The van der Waals surface area contributed by atoms with Crippen LogP contribution in [0.5, 0.6) is 11.5 Å². The molecule has 0 spiro atoms. The van der Waals surface area contributed by atoms with E-state index in [1.807, 2.05) is 36.4 Å². The van der Waals surface area contributed by atoms with Crippen molar-refractivity contribution in [2.75, 3.05) is 39.5 Å². The summed E-state index contributed by atoms with van der Waals surface area (Å²) in [6, 6.07) is 15.7. The lowest BCUT2D eigenvalue weighted by molar-refractivity contribution is 0.0843. The number of rotatable bonds is 5. The Kier molecular flexibility index (Phi) is 4.68. The van der Waals surface area contributed by atoms with E-state index < -0.39 is 0 Å². The summed E-state index contributed by atoms with van der Waals surface area (Å²) in [6.45, 7) is 5.49. The van der Waals surface area contributed by atoms with Gasteiger partial charge in [-0.3, -0.25) is 14.6 Å². The van der Waals surface area contributed by atoms with Gasteiger partial charge < -0.3 is 9.47 Å². The molecule has 0 amide bonds. The number of hydrogen-bond acceptors (Lipinski definition) is 5. The van der Waals surface area contributed by atoms with E-state index in [4.69, 9.17) is 9.47 Å². The molecular weight excluding hydrogens is 316 g/mol. The van der Waals surface area contributed by atoms with Gasteiger partial charge in [0.05, 0.1) is 6.54 Å². The summed E-state index contributed by atoms with van der Waals surface area (Å²) in [5, 5.41) is 0. The van der Waals surface area contributed by atoms with Crippen molar-refractivity contribution in [2.24, 2.45) is 0 Å². The second-order valence-corrected chi connectivity index (χ2v) is 6.53. The molecule has 25 heavy (non-hydrogen) atoms. The number of Topliss-reactive ketones (excluding diaryl/α,β-unsaturated/α-hetero) is 1. The quantitative estimate of drug-likeness (QED) is 0.783. The van der Waals surface area contributed by atoms with Gasteiger partial charge in [-0.05, 0) is 17.7 Å².